The molecule has 11 nitrogen and oxygen atoms in total. The summed E-state index contributed by atoms with van der Waals surface area (Å²) in [5.41, 5.74) is 4.37. The maximum atomic E-state index is 14.9. The Morgan fingerprint density at radius 2 is 1.72 bits per heavy atom. The molecule has 3 aliphatic rings. The third-order valence-corrected chi connectivity index (χ3v) is 12.3. The van der Waals surface area contributed by atoms with Crippen molar-refractivity contribution in [3.63, 3.8) is 0 Å². The number of oxime groups is 1. The summed E-state index contributed by atoms with van der Waals surface area (Å²) in [6.45, 7) is 5.10. The number of phenolic OH excluding ortho intramolecular Hbond substituents is 1. The highest BCUT2D eigenvalue weighted by molar-refractivity contribution is 6.03. The Morgan fingerprint density at radius 1 is 0.950 bits per heavy atom. The minimum atomic E-state index is -1.47. The molecule has 1 amide bonds. The van der Waals surface area contributed by atoms with Crippen LogP contribution in [0.2, 0.25) is 0 Å². The van der Waals surface area contributed by atoms with E-state index < -0.39 is 23.8 Å². The third-order valence-electron chi connectivity index (χ3n) is 12.3. The number of nitrogens with zero attached hydrogens (tertiary/aromatic N) is 2. The first-order valence-corrected chi connectivity index (χ1v) is 21.2. The van der Waals surface area contributed by atoms with E-state index in [4.69, 9.17) is 23.8 Å². The van der Waals surface area contributed by atoms with Crippen LogP contribution in [0.4, 0.5) is 4.79 Å². The number of phenols is 1. The van der Waals surface area contributed by atoms with Gasteiger partial charge in [0.25, 0.3) is 0 Å². The zero-order valence-electron chi connectivity index (χ0n) is 34.5. The van der Waals surface area contributed by atoms with Crippen LogP contribution < -0.4 is 4.74 Å². The van der Waals surface area contributed by atoms with Crippen LogP contribution in [0.1, 0.15) is 67.6 Å². The van der Waals surface area contributed by atoms with Gasteiger partial charge in [0, 0.05) is 31.1 Å². The van der Waals surface area contributed by atoms with Gasteiger partial charge in [-0.3, -0.25) is 4.90 Å². The molecule has 4 aromatic rings. The molecule has 6 atom stereocenters. The lowest BCUT2D eigenvalue weighted by Gasteiger charge is -2.59. The second-order valence-corrected chi connectivity index (χ2v) is 15.9. The molecule has 1 saturated carbocycles. The van der Waals surface area contributed by atoms with Gasteiger partial charge in [0.05, 0.1) is 38.0 Å². The summed E-state index contributed by atoms with van der Waals surface area (Å²) in [6.07, 6.45) is 8.17. The lowest BCUT2D eigenvalue weighted by molar-refractivity contribution is -0.256. The Balaban J connectivity index is 1.36. The molecule has 1 aliphatic heterocycles. The minimum absolute atomic E-state index is 0.0204. The molecule has 1 heterocycles. The third kappa shape index (κ3) is 9.24. The first-order valence-electron chi connectivity index (χ1n) is 21.2. The Kier molecular flexibility index (Phi) is 14.6. The number of fused-ring (bicyclic) bond motifs is 3. The normalized spacial score (nSPS) is 23.6. The zero-order chi connectivity index (χ0) is 41.9. The van der Waals surface area contributed by atoms with E-state index in [-0.39, 0.29) is 69.5 Å². The summed E-state index contributed by atoms with van der Waals surface area (Å²) >= 11 is 0. The molecule has 7 rings (SSSR count). The number of aliphatic hydroxyl groups excluding tert-OH is 2. The topological polar surface area (TPSA) is 140 Å². The number of hydrogen-bond donors (Lipinski definition) is 3. The molecule has 0 bridgehead atoms. The van der Waals surface area contributed by atoms with Crippen molar-refractivity contribution in [3.05, 3.63) is 132 Å². The highest BCUT2D eigenvalue weighted by Gasteiger charge is 2.65. The number of aromatic hydroxyl groups is 1. The van der Waals surface area contributed by atoms with Crippen LogP contribution in [0, 0.1) is 17.8 Å². The second-order valence-electron chi connectivity index (χ2n) is 15.9. The average Bonchev–Trinajstić information content (AvgIpc) is 3.27. The molecule has 0 aromatic heterocycles. The van der Waals surface area contributed by atoms with Crippen LogP contribution >= 0.6 is 0 Å². The number of benzene rings is 4. The van der Waals surface area contributed by atoms with Crippen LogP contribution in [0.25, 0.3) is 10.8 Å². The highest BCUT2D eigenvalue weighted by Crippen LogP contribution is 2.62. The molecule has 1 fully saturated rings. The van der Waals surface area contributed by atoms with Gasteiger partial charge in [-0.1, -0.05) is 103 Å². The molecule has 2 aliphatic carbocycles. The van der Waals surface area contributed by atoms with Crippen LogP contribution in [-0.2, 0) is 32.2 Å². The van der Waals surface area contributed by atoms with Gasteiger partial charge in [-0.05, 0) is 83.2 Å². The van der Waals surface area contributed by atoms with Gasteiger partial charge in [-0.15, -0.1) is 6.58 Å². The quantitative estimate of drug-likeness (QED) is 0.0454. The number of unbranched alkanes of at least 4 members (excludes halogenated alkanes) is 2. The maximum absolute atomic E-state index is 14.9. The molecule has 0 saturated heterocycles. The summed E-state index contributed by atoms with van der Waals surface area (Å²) in [4.78, 5) is 22.2. The number of hydrogen-bond acceptors (Lipinski definition) is 10. The first-order chi connectivity index (χ1) is 29.4. The monoisotopic (exact) mass is 818 g/mol. The summed E-state index contributed by atoms with van der Waals surface area (Å²) in [6, 6.07) is 28.4. The van der Waals surface area contributed by atoms with Gasteiger partial charge in [0.2, 0.25) is 5.79 Å². The first kappa shape index (κ1) is 42.9. The predicted molar refractivity (Wildman–Crippen MR) is 231 cm³/mol. The zero-order valence-corrected chi connectivity index (χ0v) is 34.5. The number of carbonyl (C=O) groups excluding carboxylic acids is 1. The number of ether oxygens (including phenoxy) is 4. The number of carbonyl (C=O) groups is 1. The molecule has 0 spiro atoms. The van der Waals surface area contributed by atoms with Gasteiger partial charge in [-0.2, -0.15) is 0 Å². The molecule has 4 aromatic carbocycles. The van der Waals surface area contributed by atoms with Crippen molar-refractivity contribution in [2.24, 2.45) is 22.9 Å². The van der Waals surface area contributed by atoms with Crippen LogP contribution in [0.3, 0.4) is 0 Å². The number of amides is 1. The lowest BCUT2D eigenvalue weighted by atomic mass is 9.55. The second kappa shape index (κ2) is 20.4. The standard InChI is InChI=1S/C49H58N2O9/c1-3-26-59-49-45(51(32-37-19-13-18-35-16-7-8-20-39(35)37)48(55)58-28-27-57-33-34-14-5-4-6-15-34)31-43(50-56-2)41-29-36(17-9-11-24-52)40(21-10-12-25-53)46(47(41)49)42-30-38(54)22-23-44(42)60-49/h3-8,13-16,18-20,22-23,29-30,36,40,45-47,52-54H,1,9-12,17,21,24-28,31-33H2,2H3. The van der Waals surface area contributed by atoms with Gasteiger partial charge >= 0.3 is 6.09 Å². The van der Waals surface area contributed by atoms with Crippen molar-refractivity contribution < 1.29 is 43.9 Å². The summed E-state index contributed by atoms with van der Waals surface area (Å²) in [7, 11) is 1.53. The Hall–Kier alpha value is -5.20. The molecule has 3 N–H and O–H groups in total. The SMILES string of the molecule is C=CCOC12Oc3ccc(O)cc3C3C(CCCCO)C(CCCCO)C=C(C(=NOC)CC1N(Cc1cccc4ccccc14)C(=O)OCCOCc1ccccc1)C32. The van der Waals surface area contributed by atoms with Crippen LogP contribution in [0.5, 0.6) is 11.5 Å². The van der Waals surface area contributed by atoms with E-state index in [0.717, 1.165) is 58.7 Å². The Morgan fingerprint density at radius 3 is 2.50 bits per heavy atom. The molecular formula is C49H58N2O9. The molecule has 0 radical (unpaired) electrons. The maximum Gasteiger partial charge on any atom is 0.410 e. The van der Waals surface area contributed by atoms with E-state index >= 15 is 0 Å². The Labute approximate surface area is 352 Å². The van der Waals surface area contributed by atoms with E-state index in [0.29, 0.717) is 30.9 Å². The molecule has 60 heavy (non-hydrogen) atoms. The van der Waals surface area contributed by atoms with Crippen molar-refractivity contribution >= 4 is 22.6 Å². The predicted octanol–water partition coefficient (Wildman–Crippen LogP) is 8.66. The number of allylic oxidation sites excluding steroid dienone is 1. The average molecular weight is 819 g/mol. The smallest absolute Gasteiger partial charge is 0.410 e. The van der Waals surface area contributed by atoms with Gasteiger partial charge in [0.1, 0.15) is 31.3 Å². The van der Waals surface area contributed by atoms with Crippen molar-refractivity contribution in [2.75, 3.05) is 40.1 Å². The summed E-state index contributed by atoms with van der Waals surface area (Å²) < 4.78 is 26.3. The fraction of sp³-hybridized carbons (Fsp3) is 0.429. The molecular weight excluding hydrogens is 761 g/mol. The number of aliphatic hydroxyl groups is 2. The van der Waals surface area contributed by atoms with Crippen LogP contribution in [0.15, 0.2) is 120 Å². The number of rotatable bonds is 20. The van der Waals surface area contributed by atoms with E-state index in [1.54, 1.807) is 29.2 Å². The van der Waals surface area contributed by atoms with E-state index in [9.17, 15) is 20.1 Å². The molecule has 11 heteroatoms. The lowest BCUT2D eigenvalue weighted by Crippen LogP contribution is -2.70. The highest BCUT2D eigenvalue weighted by atomic mass is 16.7. The molecule has 318 valence electrons. The fourth-order valence-electron chi connectivity index (χ4n) is 9.72. The van der Waals surface area contributed by atoms with E-state index in [1.807, 2.05) is 54.6 Å². The fourth-order valence-corrected chi connectivity index (χ4v) is 9.72. The minimum Gasteiger partial charge on any atom is -0.508 e. The van der Waals surface area contributed by atoms with Crippen molar-refractivity contribution in [2.45, 2.75) is 75.8 Å². The summed E-state index contributed by atoms with van der Waals surface area (Å²) in [5, 5.41) is 37.4. The van der Waals surface area contributed by atoms with Crippen LogP contribution in [-0.4, -0.2) is 84.0 Å². The Bertz CT molecular complexity index is 2120. The van der Waals surface area contributed by atoms with Gasteiger partial charge in [-0.25, -0.2) is 4.79 Å². The molecule has 6 unspecified atom stereocenters. The van der Waals surface area contributed by atoms with E-state index in [1.165, 1.54) is 7.11 Å². The van der Waals surface area contributed by atoms with Crippen molar-refractivity contribution in [1.82, 2.24) is 4.90 Å². The largest absolute Gasteiger partial charge is 0.508 e. The van der Waals surface area contributed by atoms with Crippen molar-refractivity contribution in [1.29, 1.82) is 0 Å². The summed E-state index contributed by atoms with van der Waals surface area (Å²) in [5.74, 6) is -1.45. The van der Waals surface area contributed by atoms with E-state index in [2.05, 4.69) is 36.0 Å². The van der Waals surface area contributed by atoms with Crippen molar-refractivity contribution in [3.8, 4) is 11.5 Å². The van der Waals surface area contributed by atoms with Gasteiger partial charge in [0.15, 0.2) is 0 Å². The van der Waals surface area contributed by atoms with Gasteiger partial charge < -0.3 is 39.1 Å².